The van der Waals surface area contributed by atoms with E-state index in [4.69, 9.17) is 9.72 Å². The Bertz CT molecular complexity index is 823. The molecule has 4 rings (SSSR count). The number of nitrogens with zero attached hydrogens (tertiary/aromatic N) is 1. The average Bonchev–Trinajstić information content (AvgIpc) is 3.05. The summed E-state index contributed by atoms with van der Waals surface area (Å²) in [6.45, 7) is 0. The van der Waals surface area contributed by atoms with Crippen molar-refractivity contribution in [3.63, 3.8) is 0 Å². The first kappa shape index (κ1) is 13.0. The Morgan fingerprint density at radius 3 is 2.71 bits per heavy atom. The molecule has 0 saturated heterocycles. The number of halogens is 1. The zero-order chi connectivity index (χ0) is 14.4. The van der Waals surface area contributed by atoms with Crippen LogP contribution in [0.5, 0.6) is 5.75 Å². The highest BCUT2D eigenvalue weighted by molar-refractivity contribution is 9.10. The Morgan fingerprint density at radius 2 is 1.95 bits per heavy atom. The van der Waals surface area contributed by atoms with Gasteiger partial charge in [0, 0.05) is 26.9 Å². The number of benzene rings is 2. The van der Waals surface area contributed by atoms with Crippen LogP contribution in [-0.4, -0.2) is 12.1 Å². The normalized spacial score (nSPS) is 12.1. The SMILES string of the molecule is COc1ccc2c(c1)-c1nc(-c3ccc(Br)cc3)sc1C2. The molecule has 1 aliphatic rings. The molecule has 21 heavy (non-hydrogen) atoms. The smallest absolute Gasteiger partial charge is 0.124 e. The van der Waals surface area contributed by atoms with Crippen LogP contribution >= 0.6 is 27.3 Å². The first-order valence-electron chi connectivity index (χ1n) is 6.67. The zero-order valence-electron chi connectivity index (χ0n) is 11.4. The first-order chi connectivity index (χ1) is 10.2. The van der Waals surface area contributed by atoms with Gasteiger partial charge in [0.2, 0.25) is 0 Å². The number of thiazole rings is 1. The number of methoxy groups -OCH3 is 1. The number of fused-ring (bicyclic) bond motifs is 3. The highest BCUT2D eigenvalue weighted by Gasteiger charge is 2.24. The molecule has 4 heteroatoms. The minimum atomic E-state index is 0.889. The summed E-state index contributed by atoms with van der Waals surface area (Å²) in [5.74, 6) is 0.889. The first-order valence-corrected chi connectivity index (χ1v) is 8.28. The van der Waals surface area contributed by atoms with E-state index in [0.29, 0.717) is 0 Å². The van der Waals surface area contributed by atoms with Gasteiger partial charge in [0.05, 0.1) is 12.8 Å². The third-order valence-corrected chi connectivity index (χ3v) is 5.34. The van der Waals surface area contributed by atoms with Crippen LogP contribution < -0.4 is 4.74 Å². The molecule has 0 aliphatic heterocycles. The molecule has 0 radical (unpaired) electrons. The molecule has 1 heterocycles. The van der Waals surface area contributed by atoms with Crippen LogP contribution in [0.2, 0.25) is 0 Å². The minimum absolute atomic E-state index is 0.889. The maximum Gasteiger partial charge on any atom is 0.124 e. The van der Waals surface area contributed by atoms with Crippen molar-refractivity contribution in [1.82, 2.24) is 4.98 Å². The van der Waals surface area contributed by atoms with E-state index in [1.165, 1.54) is 21.6 Å². The van der Waals surface area contributed by atoms with Gasteiger partial charge >= 0.3 is 0 Å². The second-order valence-electron chi connectivity index (χ2n) is 5.00. The molecular formula is C17H12BrNOS. The predicted molar refractivity (Wildman–Crippen MR) is 90.0 cm³/mol. The van der Waals surface area contributed by atoms with Gasteiger partial charge < -0.3 is 4.74 Å². The van der Waals surface area contributed by atoms with Gasteiger partial charge in [0.1, 0.15) is 10.8 Å². The summed E-state index contributed by atoms with van der Waals surface area (Å²) < 4.78 is 6.42. The monoisotopic (exact) mass is 357 g/mol. The summed E-state index contributed by atoms with van der Waals surface area (Å²) in [7, 11) is 1.70. The van der Waals surface area contributed by atoms with Crippen LogP contribution in [0, 0.1) is 0 Å². The fourth-order valence-electron chi connectivity index (χ4n) is 2.63. The van der Waals surface area contributed by atoms with Crippen molar-refractivity contribution in [2.75, 3.05) is 7.11 Å². The molecule has 104 valence electrons. The highest BCUT2D eigenvalue weighted by Crippen LogP contribution is 2.43. The molecule has 0 fully saturated rings. The maximum absolute atomic E-state index is 5.33. The van der Waals surface area contributed by atoms with Crippen molar-refractivity contribution in [3.8, 4) is 27.6 Å². The van der Waals surface area contributed by atoms with E-state index in [2.05, 4.69) is 52.3 Å². The number of hydrogen-bond donors (Lipinski definition) is 0. The highest BCUT2D eigenvalue weighted by atomic mass is 79.9. The summed E-state index contributed by atoms with van der Waals surface area (Å²) in [5, 5.41) is 1.08. The van der Waals surface area contributed by atoms with E-state index >= 15 is 0 Å². The molecule has 0 N–H and O–H groups in total. The molecule has 1 aliphatic carbocycles. The maximum atomic E-state index is 5.33. The fraction of sp³-hybridized carbons (Fsp3) is 0.118. The molecule has 0 amide bonds. The topological polar surface area (TPSA) is 22.1 Å². The Kier molecular flexibility index (Phi) is 3.08. The van der Waals surface area contributed by atoms with Crippen molar-refractivity contribution in [2.45, 2.75) is 6.42 Å². The summed E-state index contributed by atoms with van der Waals surface area (Å²) in [6, 6.07) is 14.6. The third kappa shape index (κ3) is 2.19. The van der Waals surface area contributed by atoms with Gasteiger partial charge in [-0.05, 0) is 29.8 Å². The largest absolute Gasteiger partial charge is 0.497 e. The van der Waals surface area contributed by atoms with Crippen molar-refractivity contribution >= 4 is 27.3 Å². The summed E-state index contributed by atoms with van der Waals surface area (Å²) >= 11 is 5.25. The van der Waals surface area contributed by atoms with Gasteiger partial charge in [-0.25, -0.2) is 4.98 Å². The van der Waals surface area contributed by atoms with Crippen molar-refractivity contribution < 1.29 is 4.74 Å². The molecule has 3 aromatic rings. The number of rotatable bonds is 2. The van der Waals surface area contributed by atoms with E-state index in [9.17, 15) is 0 Å². The fourth-order valence-corrected chi connectivity index (χ4v) is 4.00. The van der Waals surface area contributed by atoms with Gasteiger partial charge in [0.15, 0.2) is 0 Å². The van der Waals surface area contributed by atoms with E-state index in [0.717, 1.165) is 27.3 Å². The second kappa shape index (κ2) is 4.97. The number of ether oxygens (including phenoxy) is 1. The average molecular weight is 358 g/mol. The Labute approximate surface area is 135 Å². The molecule has 2 nitrogen and oxygen atoms in total. The van der Waals surface area contributed by atoms with Crippen LogP contribution in [0.1, 0.15) is 10.4 Å². The Hall–Kier alpha value is -1.65. The Balaban J connectivity index is 1.79. The lowest BCUT2D eigenvalue weighted by Crippen LogP contribution is -1.86. The molecule has 0 atom stereocenters. The molecule has 1 aromatic heterocycles. The number of hydrogen-bond acceptors (Lipinski definition) is 3. The third-order valence-electron chi connectivity index (χ3n) is 3.71. The molecule has 2 aromatic carbocycles. The molecule has 0 unspecified atom stereocenters. The van der Waals surface area contributed by atoms with Gasteiger partial charge in [-0.2, -0.15) is 0 Å². The molecular weight excluding hydrogens is 346 g/mol. The van der Waals surface area contributed by atoms with Crippen LogP contribution in [-0.2, 0) is 6.42 Å². The Morgan fingerprint density at radius 1 is 1.14 bits per heavy atom. The van der Waals surface area contributed by atoms with Crippen LogP contribution in [0.4, 0.5) is 0 Å². The predicted octanol–water partition coefficient (Wildman–Crippen LogP) is 5.15. The summed E-state index contributed by atoms with van der Waals surface area (Å²) in [6.07, 6.45) is 0.975. The van der Waals surface area contributed by atoms with Gasteiger partial charge in [-0.3, -0.25) is 0 Å². The zero-order valence-corrected chi connectivity index (χ0v) is 13.8. The van der Waals surface area contributed by atoms with Crippen LogP contribution in [0.25, 0.3) is 21.8 Å². The quantitative estimate of drug-likeness (QED) is 0.494. The lowest BCUT2D eigenvalue weighted by molar-refractivity contribution is 0.415. The van der Waals surface area contributed by atoms with Crippen LogP contribution in [0.3, 0.4) is 0 Å². The number of aromatic nitrogens is 1. The van der Waals surface area contributed by atoms with Gasteiger partial charge in [-0.15, -0.1) is 11.3 Å². The van der Waals surface area contributed by atoms with Crippen LogP contribution in [0.15, 0.2) is 46.9 Å². The van der Waals surface area contributed by atoms with E-state index in [1.807, 2.05) is 6.07 Å². The standard InChI is InChI=1S/C17H12BrNOS/c1-20-13-7-4-11-8-15-16(14(11)9-13)19-17(21-15)10-2-5-12(18)6-3-10/h2-7,9H,8H2,1H3. The van der Waals surface area contributed by atoms with Crippen molar-refractivity contribution in [2.24, 2.45) is 0 Å². The second-order valence-corrected chi connectivity index (χ2v) is 7.00. The van der Waals surface area contributed by atoms with Crippen molar-refractivity contribution in [3.05, 3.63) is 57.4 Å². The van der Waals surface area contributed by atoms with Gasteiger partial charge in [0.25, 0.3) is 0 Å². The summed E-state index contributed by atoms with van der Waals surface area (Å²) in [4.78, 5) is 6.20. The van der Waals surface area contributed by atoms with Gasteiger partial charge in [-0.1, -0.05) is 34.1 Å². The lowest BCUT2D eigenvalue weighted by atomic mass is 10.1. The molecule has 0 saturated carbocycles. The van der Waals surface area contributed by atoms with E-state index in [1.54, 1.807) is 18.4 Å². The summed E-state index contributed by atoms with van der Waals surface area (Å²) in [5.41, 5.74) is 4.84. The molecule has 0 spiro atoms. The minimum Gasteiger partial charge on any atom is -0.497 e. The van der Waals surface area contributed by atoms with E-state index < -0.39 is 0 Å². The molecule has 0 bridgehead atoms. The van der Waals surface area contributed by atoms with E-state index in [-0.39, 0.29) is 0 Å². The van der Waals surface area contributed by atoms with Crippen molar-refractivity contribution in [1.29, 1.82) is 0 Å². The lowest BCUT2D eigenvalue weighted by Gasteiger charge is -2.03.